The molecule has 27 heavy (non-hydrogen) atoms. The summed E-state index contributed by atoms with van der Waals surface area (Å²) in [6.45, 7) is 3.47. The van der Waals surface area contributed by atoms with E-state index in [1.807, 2.05) is 6.92 Å². The molecule has 1 aliphatic carbocycles. The fourth-order valence-corrected chi connectivity index (χ4v) is 4.09. The van der Waals surface area contributed by atoms with E-state index in [9.17, 15) is 4.79 Å². The molecule has 0 amide bonds. The first kappa shape index (κ1) is 19.6. The van der Waals surface area contributed by atoms with Gasteiger partial charge in [-0.3, -0.25) is 0 Å². The van der Waals surface area contributed by atoms with Crippen molar-refractivity contribution in [2.24, 2.45) is 0 Å². The quantitative estimate of drug-likeness (QED) is 0.468. The lowest BCUT2D eigenvalue weighted by molar-refractivity contribution is -0.117. The van der Waals surface area contributed by atoms with Crippen LogP contribution in [0.1, 0.15) is 55.2 Å². The lowest BCUT2D eigenvalue weighted by Gasteiger charge is -2.25. The van der Waals surface area contributed by atoms with Crippen LogP contribution in [0.15, 0.2) is 48.5 Å². The van der Waals surface area contributed by atoms with Gasteiger partial charge in [0.1, 0.15) is 12.4 Å². The average Bonchev–Trinajstić information content (AvgIpc) is 2.72. The Labute approximate surface area is 163 Å². The van der Waals surface area contributed by atoms with Gasteiger partial charge in [-0.1, -0.05) is 36.4 Å². The molecule has 144 valence electrons. The second kappa shape index (κ2) is 10.3. The third kappa shape index (κ3) is 5.67. The van der Waals surface area contributed by atoms with Crippen molar-refractivity contribution in [3.63, 3.8) is 0 Å². The molecule has 0 aromatic heterocycles. The van der Waals surface area contributed by atoms with E-state index < -0.39 is 0 Å². The van der Waals surface area contributed by atoms with Crippen LogP contribution in [0.3, 0.4) is 0 Å². The molecule has 1 aliphatic rings. The Morgan fingerprint density at radius 3 is 2.78 bits per heavy atom. The molecule has 0 heterocycles. The standard InChI is InChI=1S/C24H31NO2/c1-2-27-23(18-26)17-19-12-14-22(15-13-19)25-16-6-10-21-9-5-8-20-7-3-4-11-24(20)21/h3-4,7,11-15,18,21,23,25H,2,5-6,8-10,16-17H2,1H3. The van der Waals surface area contributed by atoms with E-state index in [0.29, 0.717) is 13.0 Å². The Hall–Kier alpha value is -2.13. The monoisotopic (exact) mass is 365 g/mol. The van der Waals surface area contributed by atoms with Crippen molar-refractivity contribution in [2.45, 2.75) is 57.5 Å². The van der Waals surface area contributed by atoms with Crippen LogP contribution in [0.5, 0.6) is 0 Å². The summed E-state index contributed by atoms with van der Waals surface area (Å²) < 4.78 is 5.40. The SMILES string of the molecule is CCOC(C=O)Cc1ccc(NCCCC2CCCc3ccccc32)cc1. The maximum absolute atomic E-state index is 11.0. The summed E-state index contributed by atoms with van der Waals surface area (Å²) in [5.41, 5.74) is 5.40. The molecule has 0 saturated carbocycles. The van der Waals surface area contributed by atoms with Crippen LogP contribution in [0.4, 0.5) is 5.69 Å². The number of nitrogens with one attached hydrogen (secondary N) is 1. The average molecular weight is 366 g/mol. The van der Waals surface area contributed by atoms with Crippen molar-refractivity contribution in [1.82, 2.24) is 0 Å². The van der Waals surface area contributed by atoms with Gasteiger partial charge < -0.3 is 14.8 Å². The Kier molecular flexibility index (Phi) is 7.46. The first-order valence-electron chi connectivity index (χ1n) is 10.3. The van der Waals surface area contributed by atoms with Crippen LogP contribution in [-0.2, 0) is 22.4 Å². The molecule has 3 rings (SSSR count). The van der Waals surface area contributed by atoms with Crippen molar-refractivity contribution >= 4 is 12.0 Å². The third-order valence-corrected chi connectivity index (χ3v) is 5.48. The molecule has 0 fully saturated rings. The minimum Gasteiger partial charge on any atom is -0.385 e. The highest BCUT2D eigenvalue weighted by molar-refractivity contribution is 5.57. The van der Waals surface area contributed by atoms with E-state index in [-0.39, 0.29) is 6.10 Å². The molecule has 1 N–H and O–H groups in total. The van der Waals surface area contributed by atoms with E-state index in [0.717, 1.165) is 30.0 Å². The number of anilines is 1. The predicted octanol–water partition coefficient (Wildman–Crippen LogP) is 5.15. The minimum absolute atomic E-state index is 0.341. The molecule has 2 atom stereocenters. The summed E-state index contributed by atoms with van der Waals surface area (Å²) in [7, 11) is 0. The molecular formula is C24H31NO2. The highest BCUT2D eigenvalue weighted by atomic mass is 16.5. The zero-order chi connectivity index (χ0) is 18.9. The molecule has 3 nitrogen and oxygen atoms in total. The fraction of sp³-hybridized carbons (Fsp3) is 0.458. The lowest BCUT2D eigenvalue weighted by Crippen LogP contribution is -2.17. The molecule has 0 saturated heterocycles. The summed E-state index contributed by atoms with van der Waals surface area (Å²) in [4.78, 5) is 11.0. The molecule has 0 radical (unpaired) electrons. The Morgan fingerprint density at radius 1 is 1.19 bits per heavy atom. The maximum Gasteiger partial charge on any atom is 0.149 e. The van der Waals surface area contributed by atoms with Crippen LogP contribution in [0.2, 0.25) is 0 Å². The Bertz CT molecular complexity index is 711. The summed E-state index contributed by atoms with van der Waals surface area (Å²) in [5.74, 6) is 0.720. The van der Waals surface area contributed by atoms with Crippen molar-refractivity contribution in [2.75, 3.05) is 18.5 Å². The van der Waals surface area contributed by atoms with Crippen molar-refractivity contribution in [1.29, 1.82) is 0 Å². The van der Waals surface area contributed by atoms with Crippen LogP contribution in [0.25, 0.3) is 0 Å². The smallest absolute Gasteiger partial charge is 0.149 e. The normalized spacial score (nSPS) is 17.1. The first-order chi connectivity index (χ1) is 13.3. The summed E-state index contributed by atoms with van der Waals surface area (Å²) in [6.07, 6.45) is 7.50. The van der Waals surface area contributed by atoms with Gasteiger partial charge in [-0.25, -0.2) is 0 Å². The van der Waals surface area contributed by atoms with Crippen LogP contribution >= 0.6 is 0 Å². The van der Waals surface area contributed by atoms with Crippen molar-refractivity contribution in [3.05, 3.63) is 65.2 Å². The largest absolute Gasteiger partial charge is 0.385 e. The predicted molar refractivity (Wildman–Crippen MR) is 111 cm³/mol. The maximum atomic E-state index is 11.0. The van der Waals surface area contributed by atoms with Gasteiger partial charge in [0.25, 0.3) is 0 Å². The molecule has 2 aromatic rings. The number of fused-ring (bicyclic) bond motifs is 1. The highest BCUT2D eigenvalue weighted by Gasteiger charge is 2.18. The van der Waals surface area contributed by atoms with E-state index >= 15 is 0 Å². The zero-order valence-corrected chi connectivity index (χ0v) is 16.3. The van der Waals surface area contributed by atoms with Crippen LogP contribution < -0.4 is 5.32 Å². The number of aldehydes is 1. The molecule has 3 heteroatoms. The molecule has 0 spiro atoms. The van der Waals surface area contributed by atoms with Gasteiger partial charge in [-0.15, -0.1) is 0 Å². The number of carbonyl (C=O) groups excluding carboxylic acids is 1. The second-order valence-electron chi connectivity index (χ2n) is 7.39. The third-order valence-electron chi connectivity index (χ3n) is 5.48. The summed E-state index contributed by atoms with van der Waals surface area (Å²) >= 11 is 0. The van der Waals surface area contributed by atoms with Crippen LogP contribution in [-0.4, -0.2) is 25.5 Å². The first-order valence-corrected chi connectivity index (χ1v) is 10.3. The molecule has 0 aliphatic heterocycles. The molecule has 2 aromatic carbocycles. The van der Waals surface area contributed by atoms with E-state index in [4.69, 9.17) is 4.74 Å². The Balaban J connectivity index is 1.43. The minimum atomic E-state index is -0.341. The molecular weight excluding hydrogens is 334 g/mol. The number of aryl methyl sites for hydroxylation is 1. The van der Waals surface area contributed by atoms with Gasteiger partial charge in [-0.05, 0) is 73.8 Å². The lowest BCUT2D eigenvalue weighted by atomic mass is 9.80. The zero-order valence-electron chi connectivity index (χ0n) is 16.3. The Morgan fingerprint density at radius 2 is 2.00 bits per heavy atom. The van der Waals surface area contributed by atoms with Gasteiger partial charge in [0, 0.05) is 25.3 Å². The van der Waals surface area contributed by atoms with Gasteiger partial charge in [-0.2, -0.15) is 0 Å². The topological polar surface area (TPSA) is 38.3 Å². The summed E-state index contributed by atoms with van der Waals surface area (Å²) in [5, 5.41) is 3.53. The second-order valence-corrected chi connectivity index (χ2v) is 7.39. The number of carbonyl (C=O) groups is 1. The highest BCUT2D eigenvalue weighted by Crippen LogP contribution is 2.34. The van der Waals surface area contributed by atoms with E-state index in [1.54, 1.807) is 11.1 Å². The number of hydrogen-bond acceptors (Lipinski definition) is 3. The van der Waals surface area contributed by atoms with Crippen molar-refractivity contribution in [3.8, 4) is 0 Å². The number of rotatable bonds is 10. The van der Waals surface area contributed by atoms with Gasteiger partial charge in [0.05, 0.1) is 0 Å². The van der Waals surface area contributed by atoms with Crippen molar-refractivity contribution < 1.29 is 9.53 Å². The van der Waals surface area contributed by atoms with Gasteiger partial charge >= 0.3 is 0 Å². The fourth-order valence-electron chi connectivity index (χ4n) is 4.09. The van der Waals surface area contributed by atoms with Crippen LogP contribution in [0, 0.1) is 0 Å². The van der Waals surface area contributed by atoms with Gasteiger partial charge in [0.2, 0.25) is 0 Å². The number of ether oxygens (including phenoxy) is 1. The number of benzene rings is 2. The van der Waals surface area contributed by atoms with E-state index in [2.05, 4.69) is 53.8 Å². The van der Waals surface area contributed by atoms with E-state index in [1.165, 1.54) is 32.1 Å². The summed E-state index contributed by atoms with van der Waals surface area (Å²) in [6, 6.07) is 17.3. The number of hydrogen-bond donors (Lipinski definition) is 1. The molecule has 0 bridgehead atoms. The van der Waals surface area contributed by atoms with Gasteiger partial charge in [0.15, 0.2) is 0 Å². The molecule has 2 unspecified atom stereocenters.